The van der Waals surface area contributed by atoms with Gasteiger partial charge in [-0.3, -0.25) is 9.59 Å². The Morgan fingerprint density at radius 2 is 1.93 bits per heavy atom. The third-order valence-electron chi connectivity index (χ3n) is 6.22. The van der Waals surface area contributed by atoms with E-state index in [1.807, 2.05) is 23.1 Å². The normalized spacial score (nSPS) is 19.2. The molecule has 0 radical (unpaired) electrons. The number of hydrogen-bond acceptors (Lipinski definition) is 4. The molecule has 0 unspecified atom stereocenters. The summed E-state index contributed by atoms with van der Waals surface area (Å²) in [7, 11) is 0. The average molecular weight is 402 g/mol. The average Bonchev–Trinajstić information content (AvgIpc) is 3.64. The van der Waals surface area contributed by atoms with Crippen molar-refractivity contribution in [2.24, 2.45) is 0 Å². The van der Waals surface area contributed by atoms with Crippen LogP contribution in [-0.2, 0) is 11.2 Å². The molecule has 3 aliphatic rings. The first-order valence-electron chi connectivity index (χ1n) is 10.9. The standard InChI is InChI=1S/C24H26N4O2/c29-22(27-13-10-18(11-14-27)17-5-2-1-3-6-17)16-28-12-4-7-21-20(24(28)30)15-25-23(26-21)19-8-9-19/h1-3,5-6,10,15,19H,4,7-9,11-14,16H2. The molecule has 1 aromatic carbocycles. The van der Waals surface area contributed by atoms with Gasteiger partial charge >= 0.3 is 0 Å². The highest BCUT2D eigenvalue weighted by atomic mass is 16.2. The SMILES string of the molecule is O=C(CN1CCCc2nc(C3CC3)ncc2C1=O)N1CC=C(c2ccccc2)CC1. The first-order chi connectivity index (χ1) is 14.7. The van der Waals surface area contributed by atoms with Crippen LogP contribution in [-0.4, -0.2) is 57.8 Å². The Bertz CT molecular complexity index is 998. The fourth-order valence-corrected chi connectivity index (χ4v) is 4.27. The van der Waals surface area contributed by atoms with E-state index in [0.29, 0.717) is 31.1 Å². The lowest BCUT2D eigenvalue weighted by atomic mass is 9.99. The Morgan fingerprint density at radius 3 is 2.67 bits per heavy atom. The van der Waals surface area contributed by atoms with Crippen molar-refractivity contribution in [2.75, 3.05) is 26.2 Å². The van der Waals surface area contributed by atoms with Crippen LogP contribution >= 0.6 is 0 Å². The van der Waals surface area contributed by atoms with Crippen molar-refractivity contribution in [3.8, 4) is 0 Å². The fraction of sp³-hybridized carbons (Fsp3) is 0.417. The highest BCUT2D eigenvalue weighted by molar-refractivity contribution is 5.97. The van der Waals surface area contributed by atoms with Crippen molar-refractivity contribution < 1.29 is 9.59 Å². The summed E-state index contributed by atoms with van der Waals surface area (Å²) in [5.74, 6) is 1.24. The Hall–Kier alpha value is -3.02. The van der Waals surface area contributed by atoms with Gasteiger partial charge in [0.25, 0.3) is 5.91 Å². The van der Waals surface area contributed by atoms with Crippen LogP contribution in [0.4, 0.5) is 0 Å². The monoisotopic (exact) mass is 402 g/mol. The van der Waals surface area contributed by atoms with E-state index in [9.17, 15) is 9.59 Å². The zero-order chi connectivity index (χ0) is 20.5. The molecule has 6 heteroatoms. The quantitative estimate of drug-likeness (QED) is 0.788. The predicted octanol–water partition coefficient (Wildman–Crippen LogP) is 3.06. The van der Waals surface area contributed by atoms with Crippen molar-refractivity contribution in [2.45, 2.75) is 38.0 Å². The third kappa shape index (κ3) is 3.86. The predicted molar refractivity (Wildman–Crippen MR) is 114 cm³/mol. The van der Waals surface area contributed by atoms with Gasteiger partial charge in [-0.15, -0.1) is 0 Å². The summed E-state index contributed by atoms with van der Waals surface area (Å²) < 4.78 is 0. The Morgan fingerprint density at radius 1 is 1.10 bits per heavy atom. The molecule has 1 fully saturated rings. The topological polar surface area (TPSA) is 66.4 Å². The van der Waals surface area contributed by atoms with Gasteiger partial charge in [0.05, 0.1) is 11.3 Å². The number of fused-ring (bicyclic) bond motifs is 1. The lowest BCUT2D eigenvalue weighted by Gasteiger charge is -2.29. The van der Waals surface area contributed by atoms with E-state index in [1.54, 1.807) is 11.1 Å². The fourth-order valence-electron chi connectivity index (χ4n) is 4.27. The summed E-state index contributed by atoms with van der Waals surface area (Å²) in [6, 6.07) is 10.3. The van der Waals surface area contributed by atoms with Crippen LogP contribution in [0, 0.1) is 0 Å². The van der Waals surface area contributed by atoms with E-state index in [2.05, 4.69) is 28.2 Å². The smallest absolute Gasteiger partial charge is 0.257 e. The second kappa shape index (κ2) is 8.01. The van der Waals surface area contributed by atoms with Crippen LogP contribution in [0.3, 0.4) is 0 Å². The molecule has 0 N–H and O–H groups in total. The number of benzene rings is 1. The molecule has 0 saturated heterocycles. The van der Waals surface area contributed by atoms with E-state index in [4.69, 9.17) is 0 Å². The first kappa shape index (κ1) is 19.0. The Balaban J connectivity index is 1.25. The van der Waals surface area contributed by atoms with E-state index in [1.165, 1.54) is 11.1 Å². The molecule has 2 aromatic rings. The van der Waals surface area contributed by atoms with Crippen LogP contribution in [0.1, 0.15) is 59.0 Å². The number of hydrogen-bond donors (Lipinski definition) is 0. The van der Waals surface area contributed by atoms with Gasteiger partial charge in [-0.05, 0) is 43.2 Å². The van der Waals surface area contributed by atoms with Gasteiger partial charge in [-0.2, -0.15) is 0 Å². The third-order valence-corrected chi connectivity index (χ3v) is 6.22. The maximum Gasteiger partial charge on any atom is 0.257 e. The van der Waals surface area contributed by atoms with Gasteiger partial charge in [-0.25, -0.2) is 9.97 Å². The molecule has 3 heterocycles. The zero-order valence-electron chi connectivity index (χ0n) is 17.1. The number of aryl methyl sites for hydroxylation is 1. The van der Waals surface area contributed by atoms with Crippen LogP contribution < -0.4 is 0 Å². The number of amides is 2. The summed E-state index contributed by atoms with van der Waals surface area (Å²) in [4.78, 5) is 38.6. The molecule has 5 rings (SSSR count). The molecule has 0 atom stereocenters. The molecule has 1 aliphatic carbocycles. The van der Waals surface area contributed by atoms with Crippen molar-refractivity contribution in [3.05, 3.63) is 65.2 Å². The number of rotatable bonds is 4. The molecule has 0 spiro atoms. The largest absolute Gasteiger partial charge is 0.337 e. The minimum absolute atomic E-state index is 0.00526. The van der Waals surface area contributed by atoms with Crippen LogP contribution in [0.5, 0.6) is 0 Å². The van der Waals surface area contributed by atoms with E-state index >= 15 is 0 Å². The molecule has 6 nitrogen and oxygen atoms in total. The minimum atomic E-state index is -0.115. The van der Waals surface area contributed by atoms with Gasteiger partial charge in [0.2, 0.25) is 5.91 Å². The molecule has 0 bridgehead atoms. The number of carbonyl (C=O) groups excluding carboxylic acids is 2. The molecular weight excluding hydrogens is 376 g/mol. The lowest BCUT2D eigenvalue weighted by Crippen LogP contribution is -2.44. The number of nitrogens with zero attached hydrogens (tertiary/aromatic N) is 4. The summed E-state index contributed by atoms with van der Waals surface area (Å²) in [5.41, 5.74) is 3.91. The molecular formula is C24H26N4O2. The van der Waals surface area contributed by atoms with Crippen molar-refractivity contribution >= 4 is 17.4 Å². The second-order valence-corrected chi connectivity index (χ2v) is 8.38. The van der Waals surface area contributed by atoms with Gasteiger partial charge in [0.15, 0.2) is 0 Å². The molecule has 2 amide bonds. The minimum Gasteiger partial charge on any atom is -0.337 e. The van der Waals surface area contributed by atoms with Crippen molar-refractivity contribution in [1.29, 1.82) is 0 Å². The summed E-state index contributed by atoms with van der Waals surface area (Å²) in [5, 5.41) is 0. The van der Waals surface area contributed by atoms with E-state index in [0.717, 1.165) is 43.6 Å². The molecule has 30 heavy (non-hydrogen) atoms. The molecule has 2 aliphatic heterocycles. The van der Waals surface area contributed by atoms with E-state index < -0.39 is 0 Å². The first-order valence-corrected chi connectivity index (χ1v) is 10.9. The Labute approximate surface area is 176 Å². The van der Waals surface area contributed by atoms with Gasteiger partial charge in [0.1, 0.15) is 12.4 Å². The van der Waals surface area contributed by atoms with Crippen molar-refractivity contribution in [1.82, 2.24) is 19.8 Å². The molecule has 1 saturated carbocycles. The van der Waals surface area contributed by atoms with Gasteiger partial charge in [0, 0.05) is 31.7 Å². The van der Waals surface area contributed by atoms with Crippen molar-refractivity contribution in [3.63, 3.8) is 0 Å². The second-order valence-electron chi connectivity index (χ2n) is 8.38. The lowest BCUT2D eigenvalue weighted by molar-refractivity contribution is -0.131. The van der Waals surface area contributed by atoms with Gasteiger partial charge < -0.3 is 9.80 Å². The van der Waals surface area contributed by atoms with Crippen LogP contribution in [0.25, 0.3) is 5.57 Å². The van der Waals surface area contributed by atoms with Crippen LogP contribution in [0.2, 0.25) is 0 Å². The number of aromatic nitrogens is 2. The van der Waals surface area contributed by atoms with Gasteiger partial charge in [-0.1, -0.05) is 36.4 Å². The van der Waals surface area contributed by atoms with Crippen LogP contribution in [0.15, 0.2) is 42.6 Å². The highest BCUT2D eigenvalue weighted by Crippen LogP contribution is 2.38. The molecule has 1 aromatic heterocycles. The Kier molecular flexibility index (Phi) is 5.07. The zero-order valence-corrected chi connectivity index (χ0v) is 17.1. The highest BCUT2D eigenvalue weighted by Gasteiger charge is 2.31. The summed E-state index contributed by atoms with van der Waals surface area (Å²) in [6.07, 6.45) is 8.52. The van der Waals surface area contributed by atoms with E-state index in [-0.39, 0.29) is 18.4 Å². The molecule has 154 valence electrons. The maximum atomic E-state index is 13.1. The number of carbonyl (C=O) groups is 2. The summed E-state index contributed by atoms with van der Waals surface area (Å²) in [6.45, 7) is 1.98. The maximum absolute atomic E-state index is 13.1. The summed E-state index contributed by atoms with van der Waals surface area (Å²) >= 11 is 0.